The Hall–Kier alpha value is -5.47. The number of rotatable bonds is 4. The highest BCUT2D eigenvalue weighted by Crippen LogP contribution is 2.56. The van der Waals surface area contributed by atoms with Gasteiger partial charge >= 0.3 is 0 Å². The van der Waals surface area contributed by atoms with Crippen LogP contribution in [0.3, 0.4) is 0 Å². The molecule has 11 nitrogen and oxygen atoms in total. The van der Waals surface area contributed by atoms with Crippen molar-refractivity contribution in [3.63, 3.8) is 0 Å². The smallest absolute Gasteiger partial charge is 0.260 e. The Bertz CT molecular complexity index is 2020. The molecule has 3 aliphatic heterocycles. The molecule has 3 N–H and O–H groups in total. The number of ether oxygens (including phenoxy) is 1. The monoisotopic (exact) mass is 584 g/mol. The van der Waals surface area contributed by atoms with Gasteiger partial charge in [0.15, 0.2) is 11.5 Å². The molecule has 5 aliphatic rings. The lowest BCUT2D eigenvalue weighted by atomic mass is 9.60. The summed E-state index contributed by atoms with van der Waals surface area (Å²) in [4.78, 5) is 34.5. The Labute approximate surface area is 252 Å². The van der Waals surface area contributed by atoms with Gasteiger partial charge in [0.2, 0.25) is 0 Å². The molecule has 0 radical (unpaired) electrons. The summed E-state index contributed by atoms with van der Waals surface area (Å²) in [6.45, 7) is 1.88. The average molecular weight is 585 g/mol. The Morgan fingerprint density at radius 3 is 2.80 bits per heavy atom. The molecule has 9 rings (SSSR count). The van der Waals surface area contributed by atoms with Crippen molar-refractivity contribution in [2.75, 3.05) is 10.6 Å². The first-order valence-electron chi connectivity index (χ1n) is 14.5. The van der Waals surface area contributed by atoms with E-state index in [4.69, 9.17) is 10.5 Å². The molecular formula is C33H28N8O3. The molecule has 1 aromatic carbocycles. The molecule has 6 heterocycles. The first-order chi connectivity index (χ1) is 21.4. The Balaban J connectivity index is 1.27. The number of nitrogen functional groups attached to an aromatic ring is 1. The predicted octanol–water partition coefficient (Wildman–Crippen LogP) is 2.79. The zero-order valence-corrected chi connectivity index (χ0v) is 24.0. The van der Waals surface area contributed by atoms with Crippen LogP contribution in [0.2, 0.25) is 0 Å². The maximum absolute atomic E-state index is 14.7. The first-order valence-corrected chi connectivity index (χ1v) is 14.5. The fourth-order valence-corrected chi connectivity index (χ4v) is 6.93. The number of allylic oxidation sites excluding steroid dienone is 2. The first kappa shape index (κ1) is 26.2. The Morgan fingerprint density at radius 1 is 1.20 bits per heavy atom. The lowest BCUT2D eigenvalue weighted by molar-refractivity contribution is -0.160. The highest BCUT2D eigenvalue weighted by atomic mass is 16.5. The Morgan fingerprint density at radius 2 is 2.02 bits per heavy atom. The van der Waals surface area contributed by atoms with E-state index in [1.165, 1.54) is 4.52 Å². The van der Waals surface area contributed by atoms with Crippen LogP contribution in [0.15, 0.2) is 95.8 Å². The summed E-state index contributed by atoms with van der Waals surface area (Å²) >= 11 is 0. The van der Waals surface area contributed by atoms with E-state index in [1.807, 2.05) is 56.6 Å². The lowest BCUT2D eigenvalue weighted by Gasteiger charge is -2.57. The number of hydrogen-bond donors (Lipinski definition) is 2. The maximum Gasteiger partial charge on any atom is 0.260 e. The fraction of sp³-hybridized carbons (Fsp3) is 0.242. The van der Waals surface area contributed by atoms with Gasteiger partial charge < -0.3 is 15.8 Å². The molecule has 0 spiro atoms. The van der Waals surface area contributed by atoms with Crippen LogP contribution in [0.25, 0.3) is 5.65 Å². The van der Waals surface area contributed by atoms with Gasteiger partial charge in [0.1, 0.15) is 5.56 Å². The third kappa shape index (κ3) is 3.92. The van der Waals surface area contributed by atoms with Gasteiger partial charge in [-0.3, -0.25) is 19.2 Å². The summed E-state index contributed by atoms with van der Waals surface area (Å²) in [5, 5.41) is 11.6. The zero-order valence-electron chi connectivity index (χ0n) is 24.0. The number of para-hydroxylation sites is 1. The van der Waals surface area contributed by atoms with Gasteiger partial charge in [-0.1, -0.05) is 36.1 Å². The van der Waals surface area contributed by atoms with E-state index in [0.29, 0.717) is 28.2 Å². The number of nitrogens with zero attached hydrogens (tertiary/aromatic N) is 6. The normalized spacial score (nSPS) is 24.0. The standard InChI is InChI=1S/C33H28N8O3/c1-18(37-32(42)28-30(34)38-40-14-6-13-35-31(28)40)29-27-24-15-23(44-24)22-12-11-20(10-9-19-16-36-39(2)17-19)25(26(22)27)33(43)41(29)21-7-4-3-5-8-21/h3-8,11-14,16-18,22-24,26H,15H2,1-2H3,(H2,34,38)(H,37,42)/t18-,22?,23?,24?,26?/m1/s1. The molecular weight excluding hydrogens is 556 g/mol. The number of amides is 2. The van der Waals surface area contributed by atoms with E-state index in [0.717, 1.165) is 17.6 Å². The number of benzene rings is 1. The van der Waals surface area contributed by atoms with Crippen LogP contribution >= 0.6 is 0 Å². The number of hydrogen-bond acceptors (Lipinski definition) is 7. The summed E-state index contributed by atoms with van der Waals surface area (Å²) in [6.07, 6.45) is 11.6. The summed E-state index contributed by atoms with van der Waals surface area (Å²) in [7, 11) is 1.84. The van der Waals surface area contributed by atoms with Crippen molar-refractivity contribution in [2.24, 2.45) is 18.9 Å². The lowest BCUT2D eigenvalue weighted by Crippen LogP contribution is -2.60. The summed E-state index contributed by atoms with van der Waals surface area (Å²) in [6, 6.07) is 10.6. The van der Waals surface area contributed by atoms with Gasteiger partial charge in [-0.05, 0) is 36.8 Å². The molecule has 218 valence electrons. The van der Waals surface area contributed by atoms with E-state index >= 15 is 0 Å². The molecule has 3 fully saturated rings. The van der Waals surface area contributed by atoms with Crippen molar-refractivity contribution in [1.82, 2.24) is 29.7 Å². The molecule has 44 heavy (non-hydrogen) atoms. The van der Waals surface area contributed by atoms with Crippen LogP contribution < -0.4 is 16.0 Å². The van der Waals surface area contributed by atoms with Crippen molar-refractivity contribution >= 4 is 29.0 Å². The third-order valence-electron chi connectivity index (χ3n) is 8.81. The maximum atomic E-state index is 14.7. The molecule has 2 bridgehead atoms. The highest BCUT2D eigenvalue weighted by Gasteiger charge is 2.57. The van der Waals surface area contributed by atoms with Gasteiger partial charge in [-0.25, -0.2) is 9.50 Å². The van der Waals surface area contributed by atoms with Crippen LogP contribution in [0.1, 0.15) is 29.3 Å². The number of carbonyl (C=O) groups excluding carboxylic acids is 2. The number of fused-ring (bicyclic) bond motifs is 1. The quantitative estimate of drug-likeness (QED) is 0.353. The third-order valence-corrected chi connectivity index (χ3v) is 8.81. The summed E-state index contributed by atoms with van der Waals surface area (Å²) in [5.74, 6) is 5.73. The van der Waals surface area contributed by atoms with Crippen LogP contribution in [0, 0.1) is 23.7 Å². The molecule has 3 aromatic heterocycles. The van der Waals surface area contributed by atoms with Gasteiger partial charge in [-0.15, -0.1) is 5.10 Å². The van der Waals surface area contributed by atoms with Crippen molar-refractivity contribution in [3.05, 3.63) is 107 Å². The largest absolute Gasteiger partial charge is 0.381 e. The van der Waals surface area contributed by atoms with Crippen LogP contribution in [0.5, 0.6) is 0 Å². The van der Waals surface area contributed by atoms with E-state index < -0.39 is 11.9 Å². The van der Waals surface area contributed by atoms with E-state index in [2.05, 4.69) is 38.4 Å². The number of nitrogens with one attached hydrogen (secondary N) is 1. The average Bonchev–Trinajstić information content (AvgIpc) is 3.58. The zero-order chi connectivity index (χ0) is 30.1. The molecule has 4 aromatic rings. The van der Waals surface area contributed by atoms with E-state index in [1.54, 1.807) is 34.2 Å². The molecule has 2 aliphatic carbocycles. The summed E-state index contributed by atoms with van der Waals surface area (Å²) in [5.41, 5.74) is 11.2. The van der Waals surface area contributed by atoms with Gasteiger partial charge in [0.25, 0.3) is 11.8 Å². The van der Waals surface area contributed by atoms with E-state index in [-0.39, 0.29) is 41.3 Å². The van der Waals surface area contributed by atoms with Gasteiger partial charge in [0, 0.05) is 60.7 Å². The highest BCUT2D eigenvalue weighted by molar-refractivity contribution is 6.12. The molecule has 11 heteroatoms. The van der Waals surface area contributed by atoms with Crippen LogP contribution in [-0.4, -0.2) is 54.4 Å². The van der Waals surface area contributed by atoms with Crippen molar-refractivity contribution in [3.8, 4) is 11.8 Å². The van der Waals surface area contributed by atoms with Crippen molar-refractivity contribution in [2.45, 2.75) is 31.6 Å². The summed E-state index contributed by atoms with van der Waals surface area (Å²) < 4.78 is 9.55. The van der Waals surface area contributed by atoms with E-state index in [9.17, 15) is 9.59 Å². The minimum atomic E-state index is -0.585. The second-order valence-corrected chi connectivity index (χ2v) is 11.5. The minimum absolute atomic E-state index is 0.00632. The fourth-order valence-electron chi connectivity index (χ4n) is 6.93. The number of carbonyl (C=O) groups is 2. The number of aromatic nitrogens is 5. The molecule has 2 amide bonds. The minimum Gasteiger partial charge on any atom is -0.381 e. The number of anilines is 2. The van der Waals surface area contributed by atoms with Crippen LogP contribution in [-0.2, 0) is 16.6 Å². The van der Waals surface area contributed by atoms with Crippen LogP contribution in [0.4, 0.5) is 11.5 Å². The molecule has 2 saturated heterocycles. The number of aryl methyl sites for hydroxylation is 1. The number of nitrogens with two attached hydrogens (primary N) is 1. The van der Waals surface area contributed by atoms with Gasteiger partial charge in [0.05, 0.1) is 35.7 Å². The second kappa shape index (κ2) is 9.79. The molecule has 1 saturated carbocycles. The SMILES string of the molecule is C[C@@H](NC(=O)c1c(N)nn2cccnc12)C1=C2C3CC(O3)C3C=CC(C#Cc4cnn(C)c4)=C(C(=O)N1c1ccccc1)C23. The topological polar surface area (TPSA) is 133 Å². The Kier molecular flexibility index (Phi) is 5.82. The molecule has 5 atom stereocenters. The van der Waals surface area contributed by atoms with Crippen molar-refractivity contribution in [1.29, 1.82) is 0 Å². The second-order valence-electron chi connectivity index (χ2n) is 11.5. The predicted molar refractivity (Wildman–Crippen MR) is 162 cm³/mol. The molecule has 4 unspecified atom stereocenters. The van der Waals surface area contributed by atoms with Crippen molar-refractivity contribution < 1.29 is 14.3 Å². The van der Waals surface area contributed by atoms with Gasteiger partial charge in [-0.2, -0.15) is 5.10 Å².